The minimum atomic E-state index is -3.72. The number of hydrogen-bond donors (Lipinski definition) is 1. The lowest BCUT2D eigenvalue weighted by Gasteiger charge is -2.20. The summed E-state index contributed by atoms with van der Waals surface area (Å²) in [6, 6.07) is 5.51. The van der Waals surface area contributed by atoms with Crippen molar-refractivity contribution in [1.82, 2.24) is 5.32 Å². The fourth-order valence-corrected chi connectivity index (χ4v) is 7.63. The number of unbranched alkanes of at least 4 members (excludes halogenated alkanes) is 2. The zero-order valence-electron chi connectivity index (χ0n) is 14.1. The second-order valence-corrected chi connectivity index (χ2v) is 10.4. The summed E-state index contributed by atoms with van der Waals surface area (Å²) >= 11 is 0. The maximum Gasteiger partial charge on any atom is 0.183 e. The second kappa shape index (κ2) is 7.84. The Kier molecular flexibility index (Phi) is 6.28. The van der Waals surface area contributed by atoms with Gasteiger partial charge < -0.3 is 10.1 Å². The molecular weight excluding hydrogens is 350 g/mol. The van der Waals surface area contributed by atoms with E-state index in [1.165, 1.54) is 19.2 Å². The van der Waals surface area contributed by atoms with Crippen LogP contribution in [0.5, 0.6) is 5.75 Å². The van der Waals surface area contributed by atoms with Crippen LogP contribution in [-0.2, 0) is 19.7 Å². The van der Waals surface area contributed by atoms with Crippen LogP contribution in [0.1, 0.15) is 26.2 Å². The summed E-state index contributed by atoms with van der Waals surface area (Å²) in [5.74, 6) is 0.105. The maximum absolute atomic E-state index is 12.9. The van der Waals surface area contributed by atoms with Gasteiger partial charge in [0.1, 0.15) is 5.75 Å². The Hall–Kier alpha value is -1.12. The van der Waals surface area contributed by atoms with Crippen LogP contribution in [0.2, 0.25) is 0 Å². The first kappa shape index (κ1) is 19.2. The van der Waals surface area contributed by atoms with Gasteiger partial charge in [0.2, 0.25) is 0 Å². The van der Waals surface area contributed by atoms with Crippen molar-refractivity contribution in [2.24, 2.45) is 0 Å². The van der Waals surface area contributed by atoms with Crippen LogP contribution < -0.4 is 10.1 Å². The predicted molar refractivity (Wildman–Crippen MR) is 93.9 cm³/mol. The average Bonchev–Trinajstić information content (AvgIpc) is 2.87. The van der Waals surface area contributed by atoms with Gasteiger partial charge in [-0.25, -0.2) is 16.8 Å². The molecule has 0 aromatic heterocycles. The van der Waals surface area contributed by atoms with Crippen molar-refractivity contribution >= 4 is 19.7 Å². The number of benzene rings is 1. The monoisotopic (exact) mass is 375 g/mol. The highest BCUT2D eigenvalue weighted by atomic mass is 32.2. The van der Waals surface area contributed by atoms with Crippen LogP contribution in [-0.4, -0.2) is 53.3 Å². The van der Waals surface area contributed by atoms with Crippen molar-refractivity contribution in [3.05, 3.63) is 24.3 Å². The van der Waals surface area contributed by atoms with E-state index in [1.54, 1.807) is 12.1 Å². The van der Waals surface area contributed by atoms with Gasteiger partial charge in [0.15, 0.2) is 19.7 Å². The number of methoxy groups -OCH3 is 1. The summed E-state index contributed by atoms with van der Waals surface area (Å²) in [7, 11) is -5.58. The van der Waals surface area contributed by atoms with Gasteiger partial charge in [-0.05, 0) is 37.2 Å². The van der Waals surface area contributed by atoms with Gasteiger partial charge in [0.05, 0.1) is 28.8 Å². The van der Waals surface area contributed by atoms with Crippen LogP contribution >= 0.6 is 0 Å². The minimum absolute atomic E-state index is 0.126. The van der Waals surface area contributed by atoms with Crippen LogP contribution in [0.4, 0.5) is 0 Å². The van der Waals surface area contributed by atoms with Crippen LogP contribution in [0.3, 0.4) is 0 Å². The van der Waals surface area contributed by atoms with Gasteiger partial charge in [-0.3, -0.25) is 0 Å². The van der Waals surface area contributed by atoms with Crippen molar-refractivity contribution in [3.8, 4) is 5.75 Å². The molecule has 0 unspecified atom stereocenters. The summed E-state index contributed by atoms with van der Waals surface area (Å²) in [6.45, 7) is 2.71. The van der Waals surface area contributed by atoms with E-state index in [0.29, 0.717) is 12.3 Å². The summed E-state index contributed by atoms with van der Waals surface area (Å²) in [5, 5.41) is 2.19. The topological polar surface area (TPSA) is 89.5 Å². The van der Waals surface area contributed by atoms with Gasteiger partial charge in [-0.1, -0.05) is 19.8 Å². The van der Waals surface area contributed by atoms with Crippen molar-refractivity contribution in [2.75, 3.05) is 25.2 Å². The zero-order valence-corrected chi connectivity index (χ0v) is 15.7. The fourth-order valence-electron chi connectivity index (χ4n) is 2.91. The fraction of sp³-hybridized carbons (Fsp3) is 0.625. The van der Waals surface area contributed by atoms with E-state index in [-0.39, 0.29) is 16.4 Å². The van der Waals surface area contributed by atoms with E-state index >= 15 is 0 Å². The molecule has 0 radical (unpaired) electrons. The summed E-state index contributed by atoms with van der Waals surface area (Å²) in [4.78, 5) is 0.130. The normalized spacial score (nSPS) is 23.2. The van der Waals surface area contributed by atoms with E-state index in [9.17, 15) is 16.8 Å². The maximum atomic E-state index is 12.9. The molecule has 2 rings (SSSR count). The molecule has 1 saturated heterocycles. The highest BCUT2D eigenvalue weighted by Crippen LogP contribution is 2.27. The van der Waals surface area contributed by atoms with Gasteiger partial charge in [0, 0.05) is 6.04 Å². The average molecular weight is 376 g/mol. The lowest BCUT2D eigenvalue weighted by Crippen LogP contribution is -2.43. The summed E-state index contributed by atoms with van der Waals surface area (Å²) in [5.41, 5.74) is 0. The third-order valence-electron chi connectivity index (χ3n) is 4.27. The predicted octanol–water partition coefficient (Wildman–Crippen LogP) is 1.41. The first-order valence-electron chi connectivity index (χ1n) is 8.12. The Morgan fingerprint density at radius 2 is 1.83 bits per heavy atom. The molecule has 0 spiro atoms. The Bertz CT molecular complexity index is 741. The summed E-state index contributed by atoms with van der Waals surface area (Å²) < 4.78 is 54.8. The van der Waals surface area contributed by atoms with Crippen LogP contribution in [0.15, 0.2) is 29.2 Å². The molecule has 0 bridgehead atoms. The van der Waals surface area contributed by atoms with E-state index in [0.717, 1.165) is 19.3 Å². The van der Waals surface area contributed by atoms with E-state index in [4.69, 9.17) is 4.74 Å². The van der Waals surface area contributed by atoms with E-state index in [2.05, 4.69) is 12.2 Å². The highest BCUT2D eigenvalue weighted by molar-refractivity contribution is 7.96. The zero-order chi connectivity index (χ0) is 17.8. The first-order chi connectivity index (χ1) is 11.3. The van der Waals surface area contributed by atoms with Crippen LogP contribution in [0, 0.1) is 0 Å². The smallest absolute Gasteiger partial charge is 0.183 e. The van der Waals surface area contributed by atoms with Crippen molar-refractivity contribution in [3.63, 3.8) is 0 Å². The molecule has 6 nitrogen and oxygen atoms in total. The molecule has 1 aromatic rings. The molecule has 1 aromatic carbocycles. The molecule has 1 N–H and O–H groups in total. The molecule has 0 aliphatic carbocycles. The Morgan fingerprint density at radius 3 is 2.42 bits per heavy atom. The minimum Gasteiger partial charge on any atom is -0.497 e. The van der Waals surface area contributed by atoms with Gasteiger partial charge in [-0.2, -0.15) is 0 Å². The molecule has 2 atom stereocenters. The molecule has 1 heterocycles. The largest absolute Gasteiger partial charge is 0.497 e. The van der Waals surface area contributed by atoms with E-state index in [1.807, 2.05) is 0 Å². The lowest BCUT2D eigenvalue weighted by molar-refractivity contribution is 0.414. The molecule has 8 heteroatoms. The Labute approximate surface area is 144 Å². The highest BCUT2D eigenvalue weighted by Gasteiger charge is 2.45. The number of ether oxygens (including phenoxy) is 1. The molecule has 24 heavy (non-hydrogen) atoms. The quantitative estimate of drug-likeness (QED) is 0.691. The molecule has 1 aliphatic rings. The number of hydrogen-bond acceptors (Lipinski definition) is 6. The van der Waals surface area contributed by atoms with Crippen LogP contribution in [0.25, 0.3) is 0 Å². The lowest BCUT2D eigenvalue weighted by atomic mass is 10.2. The molecule has 1 aliphatic heterocycles. The Balaban J connectivity index is 2.20. The van der Waals surface area contributed by atoms with Gasteiger partial charge in [-0.15, -0.1) is 0 Å². The molecular formula is C16H25NO5S2. The van der Waals surface area contributed by atoms with Crippen molar-refractivity contribution in [2.45, 2.75) is 42.4 Å². The standard InChI is InChI=1S/C16H25NO5S2/c1-3-4-5-10-17-15-11-23(18,19)12-16(15)24(20,21)14-8-6-13(22-2)7-9-14/h6-9,15-17H,3-5,10-12H2,1-2H3/t15-,16-/m0/s1. The van der Waals surface area contributed by atoms with Crippen molar-refractivity contribution in [1.29, 1.82) is 0 Å². The number of nitrogens with one attached hydrogen (secondary N) is 1. The molecule has 0 amide bonds. The third-order valence-corrected chi connectivity index (χ3v) is 8.44. The number of rotatable bonds is 8. The second-order valence-electron chi connectivity index (χ2n) is 6.10. The van der Waals surface area contributed by atoms with E-state index < -0.39 is 31.0 Å². The molecule has 136 valence electrons. The first-order valence-corrected chi connectivity index (χ1v) is 11.5. The summed E-state index contributed by atoms with van der Waals surface area (Å²) in [6.07, 6.45) is 2.99. The molecule has 1 fully saturated rings. The van der Waals surface area contributed by atoms with Gasteiger partial charge in [0.25, 0.3) is 0 Å². The van der Waals surface area contributed by atoms with Gasteiger partial charge >= 0.3 is 0 Å². The Morgan fingerprint density at radius 1 is 1.17 bits per heavy atom. The molecule has 0 saturated carbocycles. The number of sulfone groups is 2. The van der Waals surface area contributed by atoms with Crippen molar-refractivity contribution < 1.29 is 21.6 Å². The SMILES string of the molecule is CCCCCN[C@H]1CS(=O)(=O)C[C@@H]1S(=O)(=O)c1ccc(OC)cc1. The third kappa shape index (κ3) is 4.49.